The Bertz CT molecular complexity index is 657. The third kappa shape index (κ3) is 2.47. The lowest BCUT2D eigenvalue weighted by molar-refractivity contribution is -0.118. The van der Waals surface area contributed by atoms with Crippen LogP contribution in [0.4, 0.5) is 0 Å². The van der Waals surface area contributed by atoms with E-state index in [0.717, 1.165) is 18.7 Å². The van der Waals surface area contributed by atoms with E-state index < -0.39 is 5.60 Å². The molecule has 1 aromatic heterocycles. The van der Waals surface area contributed by atoms with Crippen molar-refractivity contribution in [2.24, 2.45) is 5.92 Å². The summed E-state index contributed by atoms with van der Waals surface area (Å²) < 4.78 is 5.73. The molecular formula is C16H19N3O2. The van der Waals surface area contributed by atoms with Gasteiger partial charge in [0.1, 0.15) is 0 Å². The molecule has 2 fully saturated rings. The number of aliphatic hydroxyl groups is 1. The molecule has 2 aliphatic rings. The van der Waals surface area contributed by atoms with Gasteiger partial charge in [0.15, 0.2) is 0 Å². The van der Waals surface area contributed by atoms with Gasteiger partial charge in [-0.25, -0.2) is 0 Å². The Balaban J connectivity index is 1.41. The highest BCUT2D eigenvalue weighted by Crippen LogP contribution is 2.44. The lowest BCUT2D eigenvalue weighted by atomic mass is 9.89. The highest BCUT2D eigenvalue weighted by atomic mass is 16.4. The van der Waals surface area contributed by atoms with Gasteiger partial charge in [0.2, 0.25) is 11.8 Å². The summed E-state index contributed by atoms with van der Waals surface area (Å²) in [5, 5.41) is 18.5. The van der Waals surface area contributed by atoms with Crippen molar-refractivity contribution in [3.05, 3.63) is 35.7 Å². The number of rotatable bonds is 4. The maximum Gasteiger partial charge on any atom is 0.247 e. The summed E-state index contributed by atoms with van der Waals surface area (Å²) in [4.78, 5) is 2.16. The van der Waals surface area contributed by atoms with Gasteiger partial charge in [-0.15, -0.1) is 10.2 Å². The zero-order valence-electron chi connectivity index (χ0n) is 12.1. The lowest BCUT2D eigenvalue weighted by Gasteiger charge is -2.46. The second-order valence-corrected chi connectivity index (χ2v) is 6.39. The third-order valence-electron chi connectivity index (χ3n) is 4.42. The van der Waals surface area contributed by atoms with Gasteiger partial charge < -0.3 is 9.52 Å². The Hall–Kier alpha value is -1.72. The largest absolute Gasteiger partial charge is 0.419 e. The molecule has 5 nitrogen and oxygen atoms in total. The third-order valence-corrected chi connectivity index (χ3v) is 4.42. The van der Waals surface area contributed by atoms with Gasteiger partial charge in [-0.3, -0.25) is 4.90 Å². The molecule has 21 heavy (non-hydrogen) atoms. The topological polar surface area (TPSA) is 62.4 Å². The number of hydrogen-bond donors (Lipinski definition) is 1. The minimum absolute atomic E-state index is 0.459. The highest BCUT2D eigenvalue weighted by molar-refractivity contribution is 5.53. The standard InChI is InChI=1S/C16H19N3O2/c1-11-3-2-4-12(7-11)15-18-17-14(21-15)8-19-9-16(20,10-19)13-5-6-13/h2-4,7,13,20H,5-6,8-10H2,1H3. The number of hydrogen-bond acceptors (Lipinski definition) is 5. The van der Waals surface area contributed by atoms with Crippen molar-refractivity contribution < 1.29 is 9.52 Å². The number of β-amino-alcohol motifs (C(OH)–C–C–N with tert-alkyl or cyclic N) is 1. The van der Waals surface area contributed by atoms with E-state index in [2.05, 4.69) is 15.1 Å². The van der Waals surface area contributed by atoms with Crippen LogP contribution in [0.15, 0.2) is 28.7 Å². The van der Waals surface area contributed by atoms with Crippen molar-refractivity contribution in [1.82, 2.24) is 15.1 Å². The molecule has 0 amide bonds. The SMILES string of the molecule is Cc1cccc(-c2nnc(CN3CC(O)(C4CC4)C3)o2)c1. The van der Waals surface area contributed by atoms with Gasteiger partial charge in [-0.2, -0.15) is 0 Å². The van der Waals surface area contributed by atoms with Crippen LogP contribution in [-0.4, -0.2) is 38.9 Å². The van der Waals surface area contributed by atoms with E-state index in [1.807, 2.05) is 31.2 Å². The summed E-state index contributed by atoms with van der Waals surface area (Å²) in [6.07, 6.45) is 2.34. The average Bonchev–Trinajstić information content (AvgIpc) is 3.18. The van der Waals surface area contributed by atoms with E-state index in [9.17, 15) is 5.11 Å². The monoisotopic (exact) mass is 285 g/mol. The van der Waals surface area contributed by atoms with Crippen LogP contribution in [0.5, 0.6) is 0 Å². The van der Waals surface area contributed by atoms with Gasteiger partial charge in [0, 0.05) is 18.7 Å². The fraction of sp³-hybridized carbons (Fsp3) is 0.500. The minimum Gasteiger partial charge on any atom is -0.419 e. The van der Waals surface area contributed by atoms with E-state index in [0.29, 0.717) is 24.2 Å². The first-order valence-corrected chi connectivity index (χ1v) is 7.46. The zero-order chi connectivity index (χ0) is 14.4. The van der Waals surface area contributed by atoms with Crippen LogP contribution in [0.2, 0.25) is 0 Å². The summed E-state index contributed by atoms with van der Waals surface area (Å²) in [5.41, 5.74) is 1.66. The Kier molecular flexibility index (Phi) is 2.87. The number of aryl methyl sites for hydroxylation is 1. The molecule has 0 atom stereocenters. The van der Waals surface area contributed by atoms with Crippen LogP contribution in [-0.2, 0) is 6.54 Å². The molecule has 1 aromatic carbocycles. The number of likely N-dealkylation sites (tertiary alicyclic amines) is 1. The first-order valence-electron chi connectivity index (χ1n) is 7.46. The van der Waals surface area contributed by atoms with Gasteiger partial charge in [-0.05, 0) is 37.8 Å². The molecule has 1 aliphatic heterocycles. The van der Waals surface area contributed by atoms with Crippen LogP contribution in [0.25, 0.3) is 11.5 Å². The first kappa shape index (κ1) is 13.0. The second kappa shape index (κ2) is 4.64. The van der Waals surface area contributed by atoms with Crippen molar-refractivity contribution in [2.75, 3.05) is 13.1 Å². The summed E-state index contributed by atoms with van der Waals surface area (Å²) in [5.74, 6) is 1.69. The quantitative estimate of drug-likeness (QED) is 0.931. The molecule has 0 spiro atoms. The number of nitrogens with zero attached hydrogens (tertiary/aromatic N) is 3. The smallest absolute Gasteiger partial charge is 0.247 e. The fourth-order valence-corrected chi connectivity index (χ4v) is 3.12. The van der Waals surface area contributed by atoms with Gasteiger partial charge in [0.25, 0.3) is 0 Å². The Morgan fingerprint density at radius 2 is 2.14 bits per heavy atom. The molecule has 1 N–H and O–H groups in total. The van der Waals surface area contributed by atoms with Gasteiger partial charge in [0.05, 0.1) is 12.1 Å². The average molecular weight is 285 g/mol. The van der Waals surface area contributed by atoms with E-state index in [1.165, 1.54) is 18.4 Å². The van der Waals surface area contributed by atoms with Crippen LogP contribution >= 0.6 is 0 Å². The molecule has 2 heterocycles. The predicted molar refractivity (Wildman–Crippen MR) is 77.4 cm³/mol. The molecule has 0 unspecified atom stereocenters. The Morgan fingerprint density at radius 3 is 2.86 bits per heavy atom. The summed E-state index contributed by atoms with van der Waals surface area (Å²) >= 11 is 0. The summed E-state index contributed by atoms with van der Waals surface area (Å²) in [7, 11) is 0. The Morgan fingerprint density at radius 1 is 1.33 bits per heavy atom. The van der Waals surface area contributed by atoms with Gasteiger partial charge in [-0.1, -0.05) is 17.7 Å². The first-order chi connectivity index (χ1) is 10.1. The normalized spacial score (nSPS) is 21.2. The second-order valence-electron chi connectivity index (χ2n) is 6.39. The summed E-state index contributed by atoms with van der Waals surface area (Å²) in [6, 6.07) is 8.03. The van der Waals surface area contributed by atoms with E-state index in [4.69, 9.17) is 4.42 Å². The van der Waals surface area contributed by atoms with Crippen molar-refractivity contribution in [3.63, 3.8) is 0 Å². The molecule has 1 saturated carbocycles. The summed E-state index contributed by atoms with van der Waals surface area (Å²) in [6.45, 7) is 4.10. The maximum absolute atomic E-state index is 10.3. The van der Waals surface area contributed by atoms with Crippen LogP contribution in [0, 0.1) is 12.8 Å². The molecule has 2 aromatic rings. The molecule has 110 valence electrons. The van der Waals surface area contributed by atoms with E-state index in [-0.39, 0.29) is 0 Å². The molecule has 0 radical (unpaired) electrons. The van der Waals surface area contributed by atoms with Crippen LogP contribution in [0.1, 0.15) is 24.3 Å². The van der Waals surface area contributed by atoms with E-state index >= 15 is 0 Å². The van der Waals surface area contributed by atoms with Crippen molar-refractivity contribution >= 4 is 0 Å². The zero-order valence-corrected chi connectivity index (χ0v) is 12.1. The maximum atomic E-state index is 10.3. The van der Waals surface area contributed by atoms with Crippen molar-refractivity contribution in [1.29, 1.82) is 0 Å². The number of aromatic nitrogens is 2. The number of benzene rings is 1. The molecule has 5 heteroatoms. The van der Waals surface area contributed by atoms with Crippen molar-refractivity contribution in [2.45, 2.75) is 31.9 Å². The highest BCUT2D eigenvalue weighted by Gasteiger charge is 2.51. The van der Waals surface area contributed by atoms with Crippen LogP contribution < -0.4 is 0 Å². The van der Waals surface area contributed by atoms with Gasteiger partial charge >= 0.3 is 0 Å². The van der Waals surface area contributed by atoms with Crippen LogP contribution in [0.3, 0.4) is 0 Å². The predicted octanol–water partition coefficient (Wildman–Crippen LogP) is 2.00. The molecule has 1 aliphatic carbocycles. The fourth-order valence-electron chi connectivity index (χ4n) is 3.12. The molecule has 0 bridgehead atoms. The van der Waals surface area contributed by atoms with Crippen molar-refractivity contribution in [3.8, 4) is 11.5 Å². The lowest BCUT2D eigenvalue weighted by Crippen LogP contribution is -2.62. The Labute approximate surface area is 123 Å². The van der Waals surface area contributed by atoms with E-state index in [1.54, 1.807) is 0 Å². The molecule has 1 saturated heterocycles. The molecular weight excluding hydrogens is 266 g/mol. The minimum atomic E-state index is -0.459. The molecule has 4 rings (SSSR count).